The fourth-order valence-electron chi connectivity index (χ4n) is 3.21. The fourth-order valence-corrected chi connectivity index (χ4v) is 6.56. The van der Waals surface area contributed by atoms with Crippen LogP contribution in [0, 0.1) is 0 Å². The van der Waals surface area contributed by atoms with E-state index in [2.05, 4.69) is 31.9 Å². The molecule has 2 saturated heterocycles. The average molecular weight is 409 g/mol. The Balaban J connectivity index is 1.98. The van der Waals surface area contributed by atoms with Gasteiger partial charge in [-0.1, -0.05) is 37.9 Å². The lowest BCUT2D eigenvalue weighted by Crippen LogP contribution is -2.46. The number of hydrogen-bond acceptors (Lipinski definition) is 2. The molecule has 2 heterocycles. The second kappa shape index (κ2) is 5.13. The van der Waals surface area contributed by atoms with Gasteiger partial charge in [0.05, 0.1) is 4.90 Å². The molecule has 2 aliphatic rings. The highest BCUT2D eigenvalue weighted by Gasteiger charge is 2.46. The number of hydrogen-bond donors (Lipinski definition) is 0. The van der Waals surface area contributed by atoms with Gasteiger partial charge in [0.2, 0.25) is 10.0 Å². The summed E-state index contributed by atoms with van der Waals surface area (Å²) in [6, 6.07) is 7.31. The van der Waals surface area contributed by atoms with Crippen LogP contribution in [0.2, 0.25) is 0 Å². The Morgan fingerprint density at radius 3 is 2.37 bits per heavy atom. The zero-order valence-corrected chi connectivity index (χ0v) is 14.3. The summed E-state index contributed by atoms with van der Waals surface area (Å²) in [7, 11) is -3.36. The molecule has 2 atom stereocenters. The molecular weight excluding hydrogens is 394 g/mol. The van der Waals surface area contributed by atoms with Gasteiger partial charge in [-0.2, -0.15) is 4.31 Å². The predicted octanol–water partition coefficient (Wildman–Crippen LogP) is 3.53. The van der Waals surface area contributed by atoms with E-state index < -0.39 is 10.0 Å². The Hall–Kier alpha value is 0.0900. The van der Waals surface area contributed by atoms with Crippen molar-refractivity contribution in [3.05, 3.63) is 28.7 Å². The van der Waals surface area contributed by atoms with Gasteiger partial charge in [-0.15, -0.1) is 0 Å². The first kappa shape index (κ1) is 14.0. The lowest BCUT2D eigenvalue weighted by Gasteiger charge is -2.36. The molecule has 0 saturated carbocycles. The van der Waals surface area contributed by atoms with Crippen molar-refractivity contribution in [2.24, 2.45) is 0 Å². The van der Waals surface area contributed by atoms with Crippen molar-refractivity contribution >= 4 is 41.9 Å². The SMILES string of the molecule is O=S(=O)(c1cccc(Br)c1)N1C2CCC1CC(Br)C2. The first-order valence-electron chi connectivity index (χ1n) is 6.41. The molecule has 6 heteroatoms. The van der Waals surface area contributed by atoms with E-state index in [0.717, 1.165) is 30.2 Å². The predicted molar refractivity (Wildman–Crippen MR) is 81.9 cm³/mol. The van der Waals surface area contributed by atoms with Crippen molar-refractivity contribution in [2.45, 2.75) is 47.5 Å². The lowest BCUT2D eigenvalue weighted by atomic mass is 10.1. The number of sulfonamides is 1. The molecule has 0 aromatic heterocycles. The molecule has 2 fully saturated rings. The first-order valence-corrected chi connectivity index (χ1v) is 9.56. The molecule has 104 valence electrons. The van der Waals surface area contributed by atoms with Gasteiger partial charge in [-0.3, -0.25) is 0 Å². The van der Waals surface area contributed by atoms with Crippen molar-refractivity contribution in [1.82, 2.24) is 4.31 Å². The summed E-state index contributed by atoms with van der Waals surface area (Å²) in [6.45, 7) is 0. The highest BCUT2D eigenvalue weighted by molar-refractivity contribution is 9.10. The van der Waals surface area contributed by atoms with Crippen LogP contribution in [0.4, 0.5) is 0 Å². The maximum absolute atomic E-state index is 12.8. The highest BCUT2D eigenvalue weighted by Crippen LogP contribution is 2.41. The Labute approximate surface area is 130 Å². The van der Waals surface area contributed by atoms with Crippen LogP contribution < -0.4 is 0 Å². The van der Waals surface area contributed by atoms with Crippen molar-refractivity contribution in [2.75, 3.05) is 0 Å². The normalized spacial score (nSPS) is 31.6. The summed E-state index contributed by atoms with van der Waals surface area (Å²) < 4.78 is 28.2. The molecule has 3 nitrogen and oxygen atoms in total. The van der Waals surface area contributed by atoms with Gasteiger partial charge in [0.1, 0.15) is 0 Å². The van der Waals surface area contributed by atoms with Crippen LogP contribution in [0.25, 0.3) is 0 Å². The molecule has 2 aliphatic heterocycles. The number of rotatable bonds is 2. The molecule has 3 rings (SSSR count). The zero-order valence-electron chi connectivity index (χ0n) is 10.3. The molecular formula is C13H15Br2NO2S. The molecule has 19 heavy (non-hydrogen) atoms. The molecule has 2 bridgehead atoms. The van der Waals surface area contributed by atoms with Crippen LogP contribution in [0.3, 0.4) is 0 Å². The summed E-state index contributed by atoms with van der Waals surface area (Å²) >= 11 is 6.99. The third kappa shape index (κ3) is 2.52. The van der Waals surface area contributed by atoms with E-state index >= 15 is 0 Å². The molecule has 0 aliphatic carbocycles. The van der Waals surface area contributed by atoms with Crippen LogP contribution >= 0.6 is 31.9 Å². The molecule has 0 radical (unpaired) electrons. The third-order valence-electron chi connectivity index (χ3n) is 3.98. The van der Waals surface area contributed by atoms with Crippen molar-refractivity contribution in [3.63, 3.8) is 0 Å². The lowest BCUT2D eigenvalue weighted by molar-refractivity contribution is 0.255. The number of alkyl halides is 1. The Kier molecular flexibility index (Phi) is 3.79. The third-order valence-corrected chi connectivity index (χ3v) is 7.22. The fraction of sp³-hybridized carbons (Fsp3) is 0.538. The Bertz CT molecular complexity index is 576. The summed E-state index contributed by atoms with van der Waals surface area (Å²) in [4.78, 5) is 0.853. The Morgan fingerprint density at radius 2 is 1.79 bits per heavy atom. The van der Waals surface area contributed by atoms with Gasteiger partial charge in [0.15, 0.2) is 0 Å². The van der Waals surface area contributed by atoms with Crippen molar-refractivity contribution < 1.29 is 8.42 Å². The van der Waals surface area contributed by atoms with Gasteiger partial charge in [-0.05, 0) is 43.9 Å². The molecule has 2 unspecified atom stereocenters. The van der Waals surface area contributed by atoms with Crippen LogP contribution in [0.1, 0.15) is 25.7 Å². The van der Waals surface area contributed by atoms with Gasteiger partial charge in [0.25, 0.3) is 0 Å². The monoisotopic (exact) mass is 407 g/mol. The smallest absolute Gasteiger partial charge is 0.207 e. The van der Waals surface area contributed by atoms with E-state index in [4.69, 9.17) is 0 Å². The molecule has 0 spiro atoms. The Morgan fingerprint density at radius 1 is 1.16 bits per heavy atom. The van der Waals surface area contributed by atoms with Crippen LogP contribution in [-0.2, 0) is 10.0 Å². The molecule has 0 N–H and O–H groups in total. The highest BCUT2D eigenvalue weighted by atomic mass is 79.9. The van der Waals surface area contributed by atoms with Crippen LogP contribution in [0.5, 0.6) is 0 Å². The van der Waals surface area contributed by atoms with Gasteiger partial charge >= 0.3 is 0 Å². The summed E-state index contributed by atoms with van der Waals surface area (Å²) in [6.07, 6.45) is 3.81. The maximum atomic E-state index is 12.8. The van der Waals surface area contributed by atoms with Crippen LogP contribution in [0.15, 0.2) is 33.6 Å². The number of piperidine rings is 1. The van der Waals surface area contributed by atoms with E-state index in [0.29, 0.717) is 9.72 Å². The zero-order chi connectivity index (χ0) is 13.6. The average Bonchev–Trinajstić information content (AvgIpc) is 2.63. The standard InChI is InChI=1S/C13H15Br2NO2S/c14-9-2-1-3-13(8-9)19(17,18)16-11-4-5-12(16)7-10(15)6-11/h1-3,8,10-12H,4-7H2. The van der Waals surface area contributed by atoms with Crippen molar-refractivity contribution in [3.8, 4) is 0 Å². The first-order chi connectivity index (χ1) is 8.98. The minimum absolute atomic E-state index is 0.159. The molecule has 1 aromatic carbocycles. The summed E-state index contributed by atoms with van der Waals surface area (Å²) in [5.74, 6) is 0. The quantitative estimate of drug-likeness (QED) is 0.702. The molecule has 0 amide bonds. The number of halogens is 2. The van der Waals surface area contributed by atoms with E-state index in [1.807, 2.05) is 6.07 Å². The van der Waals surface area contributed by atoms with Gasteiger partial charge in [-0.25, -0.2) is 8.42 Å². The minimum atomic E-state index is -3.36. The van der Waals surface area contributed by atoms with Crippen molar-refractivity contribution in [1.29, 1.82) is 0 Å². The number of benzene rings is 1. The van der Waals surface area contributed by atoms with E-state index in [-0.39, 0.29) is 12.1 Å². The van der Waals surface area contributed by atoms with Gasteiger partial charge < -0.3 is 0 Å². The molecule has 1 aromatic rings. The van der Waals surface area contributed by atoms with E-state index in [1.165, 1.54) is 0 Å². The van der Waals surface area contributed by atoms with E-state index in [9.17, 15) is 8.42 Å². The number of nitrogens with zero attached hydrogens (tertiary/aromatic N) is 1. The second-order valence-corrected chi connectivity index (χ2v) is 9.30. The second-order valence-electron chi connectivity index (χ2n) is 5.25. The van der Waals surface area contributed by atoms with Gasteiger partial charge in [0, 0.05) is 21.4 Å². The maximum Gasteiger partial charge on any atom is 0.243 e. The van der Waals surface area contributed by atoms with Crippen LogP contribution in [-0.4, -0.2) is 29.6 Å². The number of fused-ring (bicyclic) bond motifs is 2. The topological polar surface area (TPSA) is 37.4 Å². The van der Waals surface area contributed by atoms with E-state index in [1.54, 1.807) is 22.5 Å². The summed E-state index contributed by atoms with van der Waals surface area (Å²) in [5.41, 5.74) is 0. The largest absolute Gasteiger partial charge is 0.243 e. The summed E-state index contributed by atoms with van der Waals surface area (Å²) in [5, 5.41) is 0. The minimum Gasteiger partial charge on any atom is -0.207 e.